The first-order valence-electron chi connectivity index (χ1n) is 6.55. The summed E-state index contributed by atoms with van der Waals surface area (Å²) in [7, 11) is -3.52. The number of anilines is 1. The van der Waals surface area contributed by atoms with E-state index in [0.29, 0.717) is 11.3 Å². The van der Waals surface area contributed by atoms with Crippen LogP contribution >= 0.6 is 0 Å². The number of carbonyl (C=O) groups excluding carboxylic acids is 1. The van der Waals surface area contributed by atoms with E-state index in [2.05, 4.69) is 10.6 Å². The third kappa shape index (κ3) is 4.59. The molecule has 0 aromatic heterocycles. The summed E-state index contributed by atoms with van der Waals surface area (Å²) in [6, 6.07) is 6.70. The molecule has 1 amide bonds. The van der Waals surface area contributed by atoms with Crippen molar-refractivity contribution in [3.8, 4) is 0 Å². The molecular weight excluding hydrogens is 278 g/mol. The topological polar surface area (TPSA) is 101 Å². The Morgan fingerprint density at radius 2 is 1.85 bits per heavy atom. The van der Waals surface area contributed by atoms with Crippen molar-refractivity contribution < 1.29 is 13.2 Å². The summed E-state index contributed by atoms with van der Waals surface area (Å²) in [6.45, 7) is 1.73. The summed E-state index contributed by atoms with van der Waals surface area (Å²) in [6.07, 6.45) is 1.69. The maximum atomic E-state index is 12.0. The first kappa shape index (κ1) is 15.0. The second kappa shape index (κ2) is 6.34. The molecule has 0 saturated carbocycles. The van der Waals surface area contributed by atoms with E-state index in [9.17, 15) is 13.2 Å². The number of hydrogen-bond donors (Lipinski definition) is 3. The van der Waals surface area contributed by atoms with Crippen molar-refractivity contribution in [2.45, 2.75) is 18.6 Å². The molecule has 0 radical (unpaired) electrons. The number of nitrogens with one attached hydrogen (secondary N) is 2. The number of amides is 1. The lowest BCUT2D eigenvalue weighted by Crippen LogP contribution is -2.34. The molecule has 1 saturated heterocycles. The van der Waals surface area contributed by atoms with Crippen molar-refractivity contribution >= 4 is 21.6 Å². The number of hydrogen-bond acceptors (Lipinski definition) is 4. The van der Waals surface area contributed by atoms with E-state index in [1.807, 2.05) is 0 Å². The summed E-state index contributed by atoms with van der Waals surface area (Å²) in [5.41, 5.74) is 1.28. The normalized spacial score (nSPS) is 16.9. The maximum Gasteiger partial charge on any atom is 0.227 e. The fourth-order valence-corrected chi connectivity index (χ4v) is 2.90. The van der Waals surface area contributed by atoms with Crippen LogP contribution in [0, 0.1) is 5.92 Å². The molecule has 0 bridgehead atoms. The Balaban J connectivity index is 1.94. The summed E-state index contributed by atoms with van der Waals surface area (Å²) in [5, 5.41) is 11.0. The summed E-state index contributed by atoms with van der Waals surface area (Å²) in [4.78, 5) is 12.0. The summed E-state index contributed by atoms with van der Waals surface area (Å²) >= 11 is 0. The standard InChI is InChI=1S/C13H19N3O3S/c14-20(18,19)9-10-1-3-12(4-2-10)16-13(17)11-5-7-15-8-6-11/h1-4,11,15H,5-9H2,(H,16,17)(H2,14,18,19). The highest BCUT2D eigenvalue weighted by Crippen LogP contribution is 2.16. The molecule has 0 aliphatic carbocycles. The average molecular weight is 297 g/mol. The summed E-state index contributed by atoms with van der Waals surface area (Å²) < 4.78 is 21.9. The van der Waals surface area contributed by atoms with Gasteiger partial charge in [-0.05, 0) is 43.6 Å². The zero-order chi connectivity index (χ0) is 14.6. The quantitative estimate of drug-likeness (QED) is 0.749. The Labute approximate surface area is 118 Å². The summed E-state index contributed by atoms with van der Waals surface area (Å²) in [5.74, 6) is -0.138. The Bertz CT molecular complexity index is 563. The Hall–Kier alpha value is -1.44. The first-order valence-corrected chi connectivity index (χ1v) is 8.26. The molecule has 6 nitrogen and oxygen atoms in total. The van der Waals surface area contributed by atoms with Gasteiger partial charge in [0.05, 0.1) is 5.75 Å². The molecule has 0 unspecified atom stereocenters. The van der Waals surface area contributed by atoms with Crippen molar-refractivity contribution in [2.75, 3.05) is 18.4 Å². The van der Waals surface area contributed by atoms with E-state index in [1.54, 1.807) is 24.3 Å². The van der Waals surface area contributed by atoms with Crippen LogP contribution in [-0.4, -0.2) is 27.4 Å². The van der Waals surface area contributed by atoms with Crippen molar-refractivity contribution in [3.05, 3.63) is 29.8 Å². The molecule has 1 fully saturated rings. The lowest BCUT2D eigenvalue weighted by atomic mass is 9.97. The predicted molar refractivity (Wildman–Crippen MR) is 77.5 cm³/mol. The zero-order valence-corrected chi connectivity index (χ0v) is 11.9. The first-order chi connectivity index (χ1) is 9.44. The van der Waals surface area contributed by atoms with Gasteiger partial charge < -0.3 is 10.6 Å². The van der Waals surface area contributed by atoms with Gasteiger partial charge in [0.2, 0.25) is 15.9 Å². The molecule has 110 valence electrons. The van der Waals surface area contributed by atoms with Crippen molar-refractivity contribution in [3.63, 3.8) is 0 Å². The Morgan fingerprint density at radius 1 is 1.25 bits per heavy atom. The molecular formula is C13H19N3O3S. The second-order valence-electron chi connectivity index (χ2n) is 5.02. The molecule has 1 aromatic carbocycles. The van der Waals surface area contributed by atoms with Crippen LogP contribution < -0.4 is 15.8 Å². The number of primary sulfonamides is 1. The number of nitrogens with two attached hydrogens (primary N) is 1. The number of benzene rings is 1. The van der Waals surface area contributed by atoms with Crippen LogP contribution in [0.15, 0.2) is 24.3 Å². The van der Waals surface area contributed by atoms with Crippen molar-refractivity contribution in [1.82, 2.24) is 5.32 Å². The molecule has 1 heterocycles. The molecule has 4 N–H and O–H groups in total. The minimum Gasteiger partial charge on any atom is -0.326 e. The fraction of sp³-hybridized carbons (Fsp3) is 0.462. The third-order valence-electron chi connectivity index (χ3n) is 3.30. The molecule has 0 spiro atoms. The highest BCUT2D eigenvalue weighted by atomic mass is 32.2. The van der Waals surface area contributed by atoms with Gasteiger partial charge in [-0.25, -0.2) is 13.6 Å². The highest BCUT2D eigenvalue weighted by Gasteiger charge is 2.20. The van der Waals surface area contributed by atoms with Gasteiger partial charge in [0.25, 0.3) is 0 Å². The molecule has 0 atom stereocenters. The fourth-order valence-electron chi connectivity index (χ4n) is 2.25. The van der Waals surface area contributed by atoms with Crippen LogP contribution in [0.2, 0.25) is 0 Å². The monoisotopic (exact) mass is 297 g/mol. The van der Waals surface area contributed by atoms with E-state index >= 15 is 0 Å². The molecule has 7 heteroatoms. The highest BCUT2D eigenvalue weighted by molar-refractivity contribution is 7.88. The molecule has 1 aliphatic rings. The molecule has 20 heavy (non-hydrogen) atoms. The molecule has 1 aliphatic heterocycles. The van der Waals surface area contributed by atoms with Crippen LogP contribution in [-0.2, 0) is 20.6 Å². The SMILES string of the molecule is NS(=O)(=O)Cc1ccc(NC(=O)C2CCNCC2)cc1. The van der Waals surface area contributed by atoms with Gasteiger partial charge in [0, 0.05) is 11.6 Å². The van der Waals surface area contributed by atoms with Gasteiger partial charge in [0.15, 0.2) is 0 Å². The van der Waals surface area contributed by atoms with E-state index in [1.165, 1.54) is 0 Å². The number of carbonyl (C=O) groups is 1. The van der Waals surface area contributed by atoms with Crippen molar-refractivity contribution in [1.29, 1.82) is 0 Å². The lowest BCUT2D eigenvalue weighted by molar-refractivity contribution is -0.120. The van der Waals surface area contributed by atoms with Gasteiger partial charge in [-0.15, -0.1) is 0 Å². The van der Waals surface area contributed by atoms with E-state index in [-0.39, 0.29) is 17.6 Å². The van der Waals surface area contributed by atoms with Gasteiger partial charge >= 0.3 is 0 Å². The largest absolute Gasteiger partial charge is 0.326 e. The van der Waals surface area contributed by atoms with E-state index in [4.69, 9.17) is 5.14 Å². The van der Waals surface area contributed by atoms with E-state index < -0.39 is 10.0 Å². The molecule has 1 aromatic rings. The van der Waals surface area contributed by atoms with Gasteiger partial charge in [-0.1, -0.05) is 12.1 Å². The maximum absolute atomic E-state index is 12.0. The Kier molecular flexibility index (Phi) is 4.74. The molecule has 2 rings (SSSR count). The third-order valence-corrected chi connectivity index (χ3v) is 4.03. The van der Waals surface area contributed by atoms with Crippen LogP contribution in [0.4, 0.5) is 5.69 Å². The number of rotatable bonds is 4. The van der Waals surface area contributed by atoms with Gasteiger partial charge in [0.1, 0.15) is 0 Å². The minimum absolute atomic E-state index is 0.0192. The van der Waals surface area contributed by atoms with Crippen LogP contribution in [0.3, 0.4) is 0 Å². The van der Waals surface area contributed by atoms with Crippen molar-refractivity contribution in [2.24, 2.45) is 11.1 Å². The second-order valence-corrected chi connectivity index (χ2v) is 6.63. The number of piperidine rings is 1. The minimum atomic E-state index is -3.52. The Morgan fingerprint density at radius 3 is 2.40 bits per heavy atom. The lowest BCUT2D eigenvalue weighted by Gasteiger charge is -2.21. The van der Waals surface area contributed by atoms with Gasteiger partial charge in [-0.2, -0.15) is 0 Å². The predicted octanol–water partition coefficient (Wildman–Crippen LogP) is 0.413. The smallest absolute Gasteiger partial charge is 0.227 e. The van der Waals surface area contributed by atoms with Crippen LogP contribution in [0.25, 0.3) is 0 Å². The van der Waals surface area contributed by atoms with Crippen LogP contribution in [0.1, 0.15) is 18.4 Å². The number of sulfonamides is 1. The van der Waals surface area contributed by atoms with Crippen LogP contribution in [0.5, 0.6) is 0 Å². The average Bonchev–Trinajstić information content (AvgIpc) is 2.40. The van der Waals surface area contributed by atoms with Gasteiger partial charge in [-0.3, -0.25) is 4.79 Å². The zero-order valence-electron chi connectivity index (χ0n) is 11.1. The van der Waals surface area contributed by atoms with E-state index in [0.717, 1.165) is 25.9 Å².